The van der Waals surface area contributed by atoms with E-state index in [2.05, 4.69) is 24.0 Å². The molecule has 2 rings (SSSR count). The summed E-state index contributed by atoms with van der Waals surface area (Å²) >= 11 is 6.18. The predicted molar refractivity (Wildman–Crippen MR) is 85.7 cm³/mol. The number of halogens is 2. The van der Waals surface area contributed by atoms with Crippen LogP contribution in [0.25, 0.3) is 0 Å². The van der Waals surface area contributed by atoms with Crippen LogP contribution in [0.15, 0.2) is 48.5 Å². The van der Waals surface area contributed by atoms with Gasteiger partial charge in [-0.2, -0.15) is 0 Å². The van der Waals surface area contributed by atoms with Gasteiger partial charge in [0.25, 0.3) is 0 Å². The molecule has 2 aromatic carbocycles. The Bertz CT molecular complexity index is 574. The summed E-state index contributed by atoms with van der Waals surface area (Å²) < 4.78 is 13.2. The fraction of sp³-hybridized carbons (Fsp3) is 0.294. The number of rotatable bonds is 6. The molecule has 0 radical (unpaired) electrons. The second-order valence-electron chi connectivity index (χ2n) is 4.97. The van der Waals surface area contributed by atoms with Crippen molar-refractivity contribution in [1.29, 1.82) is 0 Å². The molecular formula is C17H20ClFN2. The maximum absolute atomic E-state index is 13.2. The molecule has 1 unspecified atom stereocenters. The second kappa shape index (κ2) is 7.55. The van der Waals surface area contributed by atoms with E-state index in [1.165, 1.54) is 17.7 Å². The first-order valence-corrected chi connectivity index (χ1v) is 7.46. The molecule has 0 aliphatic heterocycles. The third-order valence-electron chi connectivity index (χ3n) is 3.62. The van der Waals surface area contributed by atoms with E-state index in [9.17, 15) is 4.39 Å². The Kier molecular flexibility index (Phi) is 5.74. The van der Waals surface area contributed by atoms with Crippen molar-refractivity contribution < 1.29 is 4.39 Å². The summed E-state index contributed by atoms with van der Waals surface area (Å²) in [5.41, 5.74) is 8.04. The smallest absolute Gasteiger partial charge is 0.124 e. The monoisotopic (exact) mass is 306 g/mol. The summed E-state index contributed by atoms with van der Waals surface area (Å²) in [4.78, 5) is 2.24. The number of benzene rings is 2. The van der Waals surface area contributed by atoms with Gasteiger partial charge in [0.05, 0.1) is 0 Å². The SMILES string of the molecule is CCN(Cc1ccccc1)C(CN)c1ccc(F)cc1Cl. The van der Waals surface area contributed by atoms with Crippen molar-refractivity contribution in [3.63, 3.8) is 0 Å². The normalized spacial score (nSPS) is 12.6. The van der Waals surface area contributed by atoms with Crippen LogP contribution in [0.3, 0.4) is 0 Å². The van der Waals surface area contributed by atoms with E-state index in [1.54, 1.807) is 6.07 Å². The first-order chi connectivity index (χ1) is 10.2. The molecule has 21 heavy (non-hydrogen) atoms. The third kappa shape index (κ3) is 4.03. The standard InChI is InChI=1S/C17H20ClFN2/c1-2-21(12-13-6-4-3-5-7-13)17(11-20)15-9-8-14(19)10-16(15)18/h3-10,17H,2,11-12,20H2,1H3. The van der Waals surface area contributed by atoms with Gasteiger partial charge in [-0.3, -0.25) is 4.90 Å². The Morgan fingerprint density at radius 3 is 2.48 bits per heavy atom. The average molecular weight is 307 g/mol. The van der Waals surface area contributed by atoms with E-state index in [0.717, 1.165) is 18.7 Å². The fourth-order valence-corrected chi connectivity index (χ4v) is 2.80. The van der Waals surface area contributed by atoms with E-state index < -0.39 is 0 Å². The van der Waals surface area contributed by atoms with Gasteiger partial charge in [-0.15, -0.1) is 0 Å². The van der Waals surface area contributed by atoms with Gasteiger partial charge >= 0.3 is 0 Å². The lowest BCUT2D eigenvalue weighted by atomic mass is 10.0. The van der Waals surface area contributed by atoms with Gasteiger partial charge in [0.2, 0.25) is 0 Å². The van der Waals surface area contributed by atoms with Crippen LogP contribution in [0.1, 0.15) is 24.1 Å². The molecule has 0 spiro atoms. The highest BCUT2D eigenvalue weighted by Crippen LogP contribution is 2.28. The zero-order valence-corrected chi connectivity index (χ0v) is 12.9. The quantitative estimate of drug-likeness (QED) is 0.874. The van der Waals surface area contributed by atoms with Crippen molar-refractivity contribution in [2.75, 3.05) is 13.1 Å². The van der Waals surface area contributed by atoms with Crippen LogP contribution < -0.4 is 5.73 Å². The molecule has 0 fully saturated rings. The van der Waals surface area contributed by atoms with E-state index in [1.807, 2.05) is 18.2 Å². The molecule has 4 heteroatoms. The Balaban J connectivity index is 2.25. The zero-order chi connectivity index (χ0) is 15.2. The van der Waals surface area contributed by atoms with Crippen LogP contribution in [-0.2, 0) is 6.54 Å². The molecule has 1 atom stereocenters. The number of nitrogens with two attached hydrogens (primary N) is 1. The van der Waals surface area contributed by atoms with E-state index >= 15 is 0 Å². The lowest BCUT2D eigenvalue weighted by Gasteiger charge is -2.31. The first kappa shape index (κ1) is 16.0. The Morgan fingerprint density at radius 1 is 1.19 bits per heavy atom. The van der Waals surface area contributed by atoms with Crippen LogP contribution >= 0.6 is 11.6 Å². The number of hydrogen-bond acceptors (Lipinski definition) is 2. The third-order valence-corrected chi connectivity index (χ3v) is 3.95. The molecule has 0 aliphatic rings. The molecule has 0 saturated carbocycles. The van der Waals surface area contributed by atoms with Crippen molar-refractivity contribution in [2.24, 2.45) is 5.73 Å². The summed E-state index contributed by atoms with van der Waals surface area (Å²) in [7, 11) is 0. The molecule has 0 heterocycles. The number of nitrogens with zero attached hydrogens (tertiary/aromatic N) is 1. The number of hydrogen-bond donors (Lipinski definition) is 1. The molecule has 0 bridgehead atoms. The Morgan fingerprint density at radius 2 is 1.90 bits per heavy atom. The summed E-state index contributed by atoms with van der Waals surface area (Å²) in [5.74, 6) is -0.328. The van der Waals surface area contributed by atoms with Crippen molar-refractivity contribution in [1.82, 2.24) is 4.90 Å². The van der Waals surface area contributed by atoms with Crippen LogP contribution in [0.2, 0.25) is 5.02 Å². The minimum Gasteiger partial charge on any atom is -0.329 e. The molecule has 0 aliphatic carbocycles. The summed E-state index contributed by atoms with van der Waals surface area (Å²) in [6.07, 6.45) is 0. The summed E-state index contributed by atoms with van der Waals surface area (Å²) in [6.45, 7) is 4.15. The molecule has 0 saturated heterocycles. The van der Waals surface area contributed by atoms with Crippen LogP contribution in [0.4, 0.5) is 4.39 Å². The predicted octanol–water partition coefficient (Wildman–Crippen LogP) is 4.00. The van der Waals surface area contributed by atoms with Crippen molar-refractivity contribution >= 4 is 11.6 Å². The maximum atomic E-state index is 13.2. The Labute approximate surface area is 130 Å². The van der Waals surface area contributed by atoms with Gasteiger partial charge in [-0.1, -0.05) is 54.9 Å². The Hall–Kier alpha value is -1.42. The van der Waals surface area contributed by atoms with E-state index in [0.29, 0.717) is 11.6 Å². The lowest BCUT2D eigenvalue weighted by Crippen LogP contribution is -2.33. The molecular weight excluding hydrogens is 287 g/mol. The second-order valence-corrected chi connectivity index (χ2v) is 5.37. The zero-order valence-electron chi connectivity index (χ0n) is 12.1. The van der Waals surface area contributed by atoms with Gasteiger partial charge < -0.3 is 5.73 Å². The molecule has 2 aromatic rings. The van der Waals surface area contributed by atoms with Crippen LogP contribution in [0.5, 0.6) is 0 Å². The van der Waals surface area contributed by atoms with Gasteiger partial charge in [-0.05, 0) is 29.8 Å². The lowest BCUT2D eigenvalue weighted by molar-refractivity contribution is 0.203. The number of likely N-dealkylation sites (N-methyl/N-ethyl adjacent to an activating group) is 1. The highest BCUT2D eigenvalue weighted by molar-refractivity contribution is 6.31. The van der Waals surface area contributed by atoms with Crippen LogP contribution in [0, 0.1) is 5.82 Å². The molecule has 0 amide bonds. The minimum absolute atomic E-state index is 0.0247. The summed E-state index contributed by atoms with van der Waals surface area (Å²) in [5, 5.41) is 0.428. The van der Waals surface area contributed by atoms with Crippen molar-refractivity contribution in [3.8, 4) is 0 Å². The summed E-state index contributed by atoms with van der Waals surface area (Å²) in [6, 6.07) is 14.7. The van der Waals surface area contributed by atoms with Crippen molar-refractivity contribution in [3.05, 3.63) is 70.5 Å². The molecule has 2 nitrogen and oxygen atoms in total. The topological polar surface area (TPSA) is 29.3 Å². The molecule has 2 N–H and O–H groups in total. The molecule has 0 aromatic heterocycles. The minimum atomic E-state index is -0.328. The van der Waals surface area contributed by atoms with Crippen molar-refractivity contribution in [2.45, 2.75) is 19.5 Å². The van der Waals surface area contributed by atoms with E-state index in [-0.39, 0.29) is 11.9 Å². The largest absolute Gasteiger partial charge is 0.329 e. The maximum Gasteiger partial charge on any atom is 0.124 e. The van der Waals surface area contributed by atoms with E-state index in [4.69, 9.17) is 17.3 Å². The fourth-order valence-electron chi connectivity index (χ4n) is 2.50. The van der Waals surface area contributed by atoms with Crippen LogP contribution in [-0.4, -0.2) is 18.0 Å². The van der Waals surface area contributed by atoms with Gasteiger partial charge in [-0.25, -0.2) is 4.39 Å². The van der Waals surface area contributed by atoms with Gasteiger partial charge in [0, 0.05) is 24.2 Å². The highest BCUT2D eigenvalue weighted by Gasteiger charge is 2.20. The van der Waals surface area contributed by atoms with Gasteiger partial charge in [0.1, 0.15) is 5.82 Å². The van der Waals surface area contributed by atoms with Gasteiger partial charge in [0.15, 0.2) is 0 Å². The highest BCUT2D eigenvalue weighted by atomic mass is 35.5. The molecule has 112 valence electrons. The average Bonchev–Trinajstić information content (AvgIpc) is 2.49. The first-order valence-electron chi connectivity index (χ1n) is 7.08.